The predicted molar refractivity (Wildman–Crippen MR) is 187 cm³/mol. The summed E-state index contributed by atoms with van der Waals surface area (Å²) in [6, 6.07) is 32.3. The first kappa shape index (κ1) is 34.7. The number of hydrogen-bond acceptors (Lipinski definition) is 8. The molecule has 2 aromatic heterocycles. The maximum Gasteiger partial charge on any atom is 0.251 e. The number of rotatable bonds is 16. The molecule has 0 saturated heterocycles. The van der Waals surface area contributed by atoms with Gasteiger partial charge in [-0.15, -0.1) is 0 Å². The summed E-state index contributed by atoms with van der Waals surface area (Å²) in [6.07, 6.45) is 4.08. The highest BCUT2D eigenvalue weighted by atomic mass is 16.5. The van der Waals surface area contributed by atoms with Gasteiger partial charge in [0.15, 0.2) is 0 Å². The molecule has 2 heterocycles. The van der Waals surface area contributed by atoms with Crippen molar-refractivity contribution in [2.75, 3.05) is 40.5 Å². The Morgan fingerprint density at radius 1 is 0.653 bits per heavy atom. The average molecular weight is 661 g/mol. The predicted octanol–water partition coefficient (Wildman–Crippen LogP) is 5.40. The highest BCUT2D eigenvalue weighted by Gasteiger charge is 2.37. The van der Waals surface area contributed by atoms with E-state index in [0.717, 1.165) is 28.2 Å². The summed E-state index contributed by atoms with van der Waals surface area (Å²) in [5.41, 5.74) is 3.63. The number of amides is 2. The summed E-state index contributed by atoms with van der Waals surface area (Å²) in [5.74, 6) is 0.945. The van der Waals surface area contributed by atoms with Crippen molar-refractivity contribution < 1.29 is 28.9 Å². The molecule has 3 N–H and O–H groups in total. The number of carbonyl (C=O) groups is 2. The SMILES string of the molecule is COc1ccc(C(OCCCNC(=O)c2ccnc(-c3cc(C(=O)NCCCO)ccn3)c2)(c2ccccc2)c2ccc(OC)cc2)cc1. The number of aromatic nitrogens is 2. The Bertz CT molecular complexity index is 1770. The number of aliphatic hydroxyl groups is 1. The topological polar surface area (TPSA) is 132 Å². The Kier molecular flexibility index (Phi) is 12.1. The van der Waals surface area contributed by atoms with Gasteiger partial charge in [-0.3, -0.25) is 19.6 Å². The lowest BCUT2D eigenvalue weighted by atomic mass is 9.80. The molecule has 252 valence electrons. The van der Waals surface area contributed by atoms with Crippen molar-refractivity contribution in [1.29, 1.82) is 0 Å². The zero-order chi connectivity index (χ0) is 34.5. The van der Waals surface area contributed by atoms with Gasteiger partial charge in [0.2, 0.25) is 0 Å². The van der Waals surface area contributed by atoms with Crippen LogP contribution in [0, 0.1) is 0 Å². The van der Waals surface area contributed by atoms with Crippen LogP contribution in [0.25, 0.3) is 11.4 Å². The lowest BCUT2D eigenvalue weighted by Gasteiger charge is -2.36. The van der Waals surface area contributed by atoms with Gasteiger partial charge in [0.25, 0.3) is 11.8 Å². The summed E-state index contributed by atoms with van der Waals surface area (Å²) in [5, 5.41) is 14.7. The van der Waals surface area contributed by atoms with Crippen LogP contribution in [0.1, 0.15) is 50.2 Å². The van der Waals surface area contributed by atoms with E-state index in [-0.39, 0.29) is 18.4 Å². The third-order valence-corrected chi connectivity index (χ3v) is 8.03. The third kappa shape index (κ3) is 8.48. The highest BCUT2D eigenvalue weighted by molar-refractivity contribution is 5.96. The molecule has 3 aromatic carbocycles. The second kappa shape index (κ2) is 17.0. The quantitative estimate of drug-likeness (QED) is 0.0947. The van der Waals surface area contributed by atoms with Crippen molar-refractivity contribution in [2.24, 2.45) is 0 Å². The van der Waals surface area contributed by atoms with Crippen molar-refractivity contribution >= 4 is 11.8 Å². The average Bonchev–Trinajstić information content (AvgIpc) is 3.17. The van der Waals surface area contributed by atoms with E-state index in [4.69, 9.17) is 19.3 Å². The monoisotopic (exact) mass is 660 g/mol. The minimum Gasteiger partial charge on any atom is -0.497 e. The van der Waals surface area contributed by atoms with E-state index in [1.165, 1.54) is 6.20 Å². The molecule has 0 unspecified atom stereocenters. The second-order valence-corrected chi connectivity index (χ2v) is 11.2. The molecule has 0 atom stereocenters. The minimum atomic E-state index is -0.943. The van der Waals surface area contributed by atoms with Gasteiger partial charge in [0.1, 0.15) is 17.1 Å². The number of aliphatic hydroxyl groups excluding tert-OH is 1. The van der Waals surface area contributed by atoms with E-state index in [1.54, 1.807) is 44.7 Å². The van der Waals surface area contributed by atoms with Crippen LogP contribution < -0.4 is 20.1 Å². The molecular weight excluding hydrogens is 620 g/mol. The van der Waals surface area contributed by atoms with E-state index in [2.05, 4.69) is 20.6 Å². The van der Waals surface area contributed by atoms with Gasteiger partial charge in [-0.1, -0.05) is 54.6 Å². The zero-order valence-electron chi connectivity index (χ0n) is 27.6. The van der Waals surface area contributed by atoms with Gasteiger partial charge in [0.05, 0.1) is 32.2 Å². The normalized spacial score (nSPS) is 11.1. The number of pyridine rings is 2. The fourth-order valence-corrected chi connectivity index (χ4v) is 5.48. The molecule has 0 aliphatic carbocycles. The Labute approximate surface area is 286 Å². The molecule has 0 bridgehead atoms. The summed E-state index contributed by atoms with van der Waals surface area (Å²) >= 11 is 0. The number of carbonyl (C=O) groups excluding carboxylic acids is 2. The number of hydrogen-bond donors (Lipinski definition) is 3. The third-order valence-electron chi connectivity index (χ3n) is 8.03. The molecule has 0 aliphatic heterocycles. The van der Waals surface area contributed by atoms with Gasteiger partial charge >= 0.3 is 0 Å². The van der Waals surface area contributed by atoms with Crippen LogP contribution in [-0.4, -0.2) is 67.4 Å². The molecule has 5 aromatic rings. The number of nitrogens with zero attached hydrogens (tertiary/aromatic N) is 2. The number of benzene rings is 3. The van der Waals surface area contributed by atoms with Crippen LogP contribution in [0.5, 0.6) is 11.5 Å². The first-order valence-corrected chi connectivity index (χ1v) is 16.1. The fourth-order valence-electron chi connectivity index (χ4n) is 5.48. The summed E-state index contributed by atoms with van der Waals surface area (Å²) in [4.78, 5) is 34.4. The van der Waals surface area contributed by atoms with E-state index in [0.29, 0.717) is 55.1 Å². The molecule has 49 heavy (non-hydrogen) atoms. The lowest BCUT2D eigenvalue weighted by Crippen LogP contribution is -2.34. The van der Waals surface area contributed by atoms with Crippen molar-refractivity contribution in [2.45, 2.75) is 18.4 Å². The summed E-state index contributed by atoms with van der Waals surface area (Å²) in [6.45, 7) is 1.07. The molecular formula is C39H40N4O6. The molecule has 0 fully saturated rings. The molecule has 2 amide bonds. The smallest absolute Gasteiger partial charge is 0.251 e. The van der Waals surface area contributed by atoms with E-state index in [9.17, 15) is 9.59 Å². The van der Waals surface area contributed by atoms with E-state index >= 15 is 0 Å². The number of ether oxygens (including phenoxy) is 3. The molecule has 0 radical (unpaired) electrons. The van der Waals surface area contributed by atoms with Crippen LogP contribution in [0.3, 0.4) is 0 Å². The molecule has 10 heteroatoms. The Hall–Kier alpha value is -5.58. The first-order valence-electron chi connectivity index (χ1n) is 16.1. The van der Waals surface area contributed by atoms with Crippen LogP contribution >= 0.6 is 0 Å². The van der Waals surface area contributed by atoms with Gasteiger partial charge in [-0.2, -0.15) is 0 Å². The van der Waals surface area contributed by atoms with E-state index < -0.39 is 5.60 Å². The maximum atomic E-state index is 13.2. The molecule has 0 aliphatic rings. The van der Waals surface area contributed by atoms with E-state index in [1.807, 2.05) is 78.9 Å². The van der Waals surface area contributed by atoms with Gasteiger partial charge < -0.3 is 30.0 Å². The standard InChI is InChI=1S/C39H40N4O6/c1-47-33-14-10-31(11-15-33)39(30-8-4-3-5-9-30,32-12-16-34(48-2)17-13-32)49-25-7-21-43-38(46)29-19-23-41-36(27-29)35-26-28(18-22-40-35)37(45)42-20-6-24-44/h3-5,8-19,22-23,26-27,44H,6-7,20-21,24-25H2,1-2H3,(H,42,45)(H,43,46). The van der Waals surface area contributed by atoms with Crippen molar-refractivity contribution in [3.05, 3.63) is 143 Å². The first-order chi connectivity index (χ1) is 24.0. The number of methoxy groups -OCH3 is 2. The van der Waals surface area contributed by atoms with Crippen LogP contribution in [0.4, 0.5) is 0 Å². The Morgan fingerprint density at radius 3 is 1.59 bits per heavy atom. The van der Waals surface area contributed by atoms with Gasteiger partial charge in [-0.25, -0.2) is 0 Å². The largest absolute Gasteiger partial charge is 0.497 e. The minimum absolute atomic E-state index is 0.00443. The summed E-state index contributed by atoms with van der Waals surface area (Å²) < 4.78 is 17.7. The molecule has 10 nitrogen and oxygen atoms in total. The van der Waals surface area contributed by atoms with Crippen molar-refractivity contribution in [3.8, 4) is 22.9 Å². The summed E-state index contributed by atoms with van der Waals surface area (Å²) in [7, 11) is 3.28. The Balaban J connectivity index is 1.29. The Morgan fingerprint density at radius 2 is 1.12 bits per heavy atom. The molecule has 0 saturated carbocycles. The second-order valence-electron chi connectivity index (χ2n) is 11.2. The maximum absolute atomic E-state index is 13.2. The molecule has 0 spiro atoms. The van der Waals surface area contributed by atoms with Gasteiger partial charge in [0, 0.05) is 43.2 Å². The highest BCUT2D eigenvalue weighted by Crippen LogP contribution is 2.41. The fraction of sp³-hybridized carbons (Fsp3) is 0.231. The van der Waals surface area contributed by atoms with Crippen LogP contribution in [0.2, 0.25) is 0 Å². The lowest BCUT2D eigenvalue weighted by molar-refractivity contribution is 0.0117. The van der Waals surface area contributed by atoms with Crippen molar-refractivity contribution in [3.63, 3.8) is 0 Å². The molecule has 5 rings (SSSR count). The van der Waals surface area contributed by atoms with Crippen LogP contribution in [0.15, 0.2) is 116 Å². The number of nitrogens with one attached hydrogen (secondary N) is 2. The zero-order valence-corrected chi connectivity index (χ0v) is 27.6. The van der Waals surface area contributed by atoms with Crippen LogP contribution in [-0.2, 0) is 10.3 Å². The van der Waals surface area contributed by atoms with Crippen molar-refractivity contribution in [1.82, 2.24) is 20.6 Å². The van der Waals surface area contributed by atoms with Gasteiger partial charge in [-0.05, 0) is 78.1 Å².